The number of hydrogen-bond acceptors (Lipinski definition) is 4. The zero-order chi connectivity index (χ0) is 15.4. The van der Waals surface area contributed by atoms with Gasteiger partial charge in [-0.2, -0.15) is 0 Å². The molecule has 5 nitrogen and oxygen atoms in total. The standard InChI is InChI=1S/C17H16N2O3/c20-14(11-19-10-4-9-18-17(19)21)12-22-16-8-3-6-13-5-1-2-7-15(13)16/h1-10,14,20H,11-12H2. The zero-order valence-corrected chi connectivity index (χ0v) is 11.9. The molecule has 112 valence electrons. The summed E-state index contributed by atoms with van der Waals surface area (Å²) in [5, 5.41) is 12.1. The van der Waals surface area contributed by atoms with E-state index in [1.54, 1.807) is 12.3 Å². The second kappa shape index (κ2) is 6.41. The third-order valence-corrected chi connectivity index (χ3v) is 3.37. The molecule has 5 heteroatoms. The lowest BCUT2D eigenvalue weighted by Crippen LogP contribution is -2.30. The van der Waals surface area contributed by atoms with Gasteiger partial charge in [0.15, 0.2) is 0 Å². The lowest BCUT2D eigenvalue weighted by Gasteiger charge is -2.14. The van der Waals surface area contributed by atoms with Crippen molar-refractivity contribution in [1.29, 1.82) is 0 Å². The molecule has 1 atom stereocenters. The molecule has 2 aromatic carbocycles. The molecule has 0 aliphatic heterocycles. The van der Waals surface area contributed by atoms with Crippen molar-refractivity contribution in [2.24, 2.45) is 0 Å². The molecule has 1 unspecified atom stereocenters. The van der Waals surface area contributed by atoms with Crippen molar-refractivity contribution >= 4 is 10.8 Å². The van der Waals surface area contributed by atoms with E-state index in [9.17, 15) is 9.90 Å². The molecular weight excluding hydrogens is 280 g/mol. The van der Waals surface area contributed by atoms with Crippen LogP contribution in [-0.4, -0.2) is 27.4 Å². The number of fused-ring (bicyclic) bond motifs is 1. The van der Waals surface area contributed by atoms with Gasteiger partial charge in [-0.15, -0.1) is 0 Å². The van der Waals surface area contributed by atoms with Crippen LogP contribution in [0.1, 0.15) is 0 Å². The maximum atomic E-state index is 11.5. The van der Waals surface area contributed by atoms with Crippen LogP contribution in [0, 0.1) is 0 Å². The molecule has 0 bridgehead atoms. The predicted octanol–water partition coefficient (Wildman–Crippen LogP) is 1.84. The summed E-state index contributed by atoms with van der Waals surface area (Å²) >= 11 is 0. The summed E-state index contributed by atoms with van der Waals surface area (Å²) in [4.78, 5) is 15.2. The first-order valence-electron chi connectivity index (χ1n) is 7.04. The third kappa shape index (κ3) is 3.15. The molecule has 3 aromatic rings. The molecule has 3 rings (SSSR count). The van der Waals surface area contributed by atoms with Crippen LogP contribution in [0.4, 0.5) is 0 Å². The van der Waals surface area contributed by atoms with Crippen LogP contribution in [0.15, 0.2) is 65.7 Å². The minimum Gasteiger partial charge on any atom is -0.490 e. The number of ether oxygens (including phenoxy) is 1. The van der Waals surface area contributed by atoms with E-state index in [0.29, 0.717) is 0 Å². The van der Waals surface area contributed by atoms with Crippen LogP contribution in [0.5, 0.6) is 5.75 Å². The molecule has 0 aliphatic rings. The fraction of sp³-hybridized carbons (Fsp3) is 0.176. The van der Waals surface area contributed by atoms with E-state index in [-0.39, 0.29) is 18.8 Å². The Bertz CT molecular complexity index is 824. The maximum absolute atomic E-state index is 11.5. The largest absolute Gasteiger partial charge is 0.490 e. The number of hydrogen-bond donors (Lipinski definition) is 1. The first-order valence-corrected chi connectivity index (χ1v) is 7.04. The highest BCUT2D eigenvalue weighted by Crippen LogP contribution is 2.25. The van der Waals surface area contributed by atoms with Crippen LogP contribution in [-0.2, 0) is 6.54 Å². The van der Waals surface area contributed by atoms with E-state index in [1.807, 2.05) is 42.5 Å². The Morgan fingerprint density at radius 3 is 2.82 bits per heavy atom. The summed E-state index contributed by atoms with van der Waals surface area (Å²) in [6, 6.07) is 15.3. The number of aromatic nitrogens is 2. The average Bonchev–Trinajstić information content (AvgIpc) is 2.55. The van der Waals surface area contributed by atoms with Gasteiger partial charge in [0.05, 0.1) is 6.54 Å². The summed E-state index contributed by atoms with van der Waals surface area (Å²) < 4.78 is 7.07. The van der Waals surface area contributed by atoms with Crippen molar-refractivity contribution in [3.05, 3.63) is 71.4 Å². The molecule has 1 N–H and O–H groups in total. The highest BCUT2D eigenvalue weighted by molar-refractivity contribution is 5.88. The fourth-order valence-electron chi connectivity index (χ4n) is 2.31. The van der Waals surface area contributed by atoms with Gasteiger partial charge in [-0.25, -0.2) is 9.78 Å². The van der Waals surface area contributed by atoms with Gasteiger partial charge < -0.3 is 9.84 Å². The normalized spacial score (nSPS) is 12.2. The Kier molecular flexibility index (Phi) is 4.16. The second-order valence-corrected chi connectivity index (χ2v) is 5.00. The Balaban J connectivity index is 1.69. The number of nitrogens with zero attached hydrogens (tertiary/aromatic N) is 2. The van der Waals surface area contributed by atoms with Crippen LogP contribution < -0.4 is 10.4 Å². The predicted molar refractivity (Wildman–Crippen MR) is 83.9 cm³/mol. The Labute approximate surface area is 127 Å². The summed E-state index contributed by atoms with van der Waals surface area (Å²) in [6.45, 7) is 0.257. The van der Waals surface area contributed by atoms with Gasteiger partial charge in [0.2, 0.25) is 0 Å². The van der Waals surface area contributed by atoms with Crippen molar-refractivity contribution in [2.45, 2.75) is 12.6 Å². The molecule has 0 radical (unpaired) electrons. The van der Waals surface area contributed by atoms with Gasteiger partial charge in [-0.05, 0) is 17.5 Å². The van der Waals surface area contributed by atoms with Crippen LogP contribution in [0.2, 0.25) is 0 Å². The highest BCUT2D eigenvalue weighted by atomic mass is 16.5. The summed E-state index contributed by atoms with van der Waals surface area (Å²) in [7, 11) is 0. The van der Waals surface area contributed by atoms with Gasteiger partial charge in [-0.1, -0.05) is 36.4 Å². The molecule has 0 spiro atoms. The fourth-order valence-corrected chi connectivity index (χ4v) is 2.31. The number of aliphatic hydroxyl groups excluding tert-OH is 1. The monoisotopic (exact) mass is 296 g/mol. The van der Waals surface area contributed by atoms with Crippen molar-refractivity contribution in [3.63, 3.8) is 0 Å². The van der Waals surface area contributed by atoms with Crippen LogP contribution in [0.25, 0.3) is 10.8 Å². The van der Waals surface area contributed by atoms with Gasteiger partial charge in [-0.3, -0.25) is 4.57 Å². The quantitative estimate of drug-likeness (QED) is 0.780. The van der Waals surface area contributed by atoms with E-state index in [0.717, 1.165) is 16.5 Å². The molecule has 22 heavy (non-hydrogen) atoms. The molecule has 0 aliphatic carbocycles. The van der Waals surface area contributed by atoms with E-state index in [4.69, 9.17) is 4.74 Å². The second-order valence-electron chi connectivity index (χ2n) is 5.00. The molecule has 1 aromatic heterocycles. The summed E-state index contributed by atoms with van der Waals surface area (Å²) in [5.41, 5.74) is -0.383. The molecule has 0 saturated heterocycles. The van der Waals surface area contributed by atoms with Gasteiger partial charge in [0, 0.05) is 17.8 Å². The van der Waals surface area contributed by atoms with Crippen molar-refractivity contribution in [3.8, 4) is 5.75 Å². The first kappa shape index (κ1) is 14.3. The number of benzene rings is 2. The van der Waals surface area contributed by atoms with Crippen LogP contribution >= 0.6 is 0 Å². The van der Waals surface area contributed by atoms with E-state index >= 15 is 0 Å². The van der Waals surface area contributed by atoms with Crippen molar-refractivity contribution in [2.75, 3.05) is 6.61 Å². The summed E-state index contributed by atoms with van der Waals surface area (Å²) in [5.74, 6) is 0.718. The minimum absolute atomic E-state index is 0.106. The van der Waals surface area contributed by atoms with E-state index < -0.39 is 6.10 Å². The lowest BCUT2D eigenvalue weighted by atomic mass is 10.1. The molecule has 1 heterocycles. The number of rotatable bonds is 5. The minimum atomic E-state index is -0.791. The van der Waals surface area contributed by atoms with E-state index in [1.165, 1.54) is 10.8 Å². The first-order chi connectivity index (χ1) is 10.7. The summed E-state index contributed by atoms with van der Waals surface area (Å²) in [6.07, 6.45) is 2.23. The molecule has 0 saturated carbocycles. The average molecular weight is 296 g/mol. The van der Waals surface area contributed by atoms with Gasteiger partial charge >= 0.3 is 5.69 Å². The highest BCUT2D eigenvalue weighted by Gasteiger charge is 2.09. The smallest absolute Gasteiger partial charge is 0.347 e. The third-order valence-electron chi connectivity index (χ3n) is 3.37. The zero-order valence-electron chi connectivity index (χ0n) is 11.9. The Hall–Kier alpha value is -2.66. The lowest BCUT2D eigenvalue weighted by molar-refractivity contribution is 0.0920. The molecule has 0 fully saturated rings. The Morgan fingerprint density at radius 1 is 1.14 bits per heavy atom. The number of aliphatic hydroxyl groups is 1. The molecular formula is C17H16N2O3. The van der Waals surface area contributed by atoms with Crippen molar-refractivity contribution < 1.29 is 9.84 Å². The topological polar surface area (TPSA) is 64.4 Å². The maximum Gasteiger partial charge on any atom is 0.347 e. The van der Waals surface area contributed by atoms with Crippen LogP contribution in [0.3, 0.4) is 0 Å². The molecule has 0 amide bonds. The van der Waals surface area contributed by atoms with E-state index in [2.05, 4.69) is 4.98 Å². The SMILES string of the molecule is O=c1ncccn1CC(O)COc1cccc2ccccc12. The van der Waals surface area contributed by atoms with Gasteiger partial charge in [0.1, 0.15) is 18.5 Å². The van der Waals surface area contributed by atoms with Crippen molar-refractivity contribution in [1.82, 2.24) is 9.55 Å². The Morgan fingerprint density at radius 2 is 1.95 bits per heavy atom. The van der Waals surface area contributed by atoms with Gasteiger partial charge in [0.25, 0.3) is 0 Å².